The lowest BCUT2D eigenvalue weighted by Crippen LogP contribution is -2.40. The molecular weight excluding hydrogens is 224 g/mol. The number of aromatic nitrogens is 1. The first-order valence-electron chi connectivity index (χ1n) is 6.87. The topological polar surface area (TPSA) is 42.0 Å². The van der Waals surface area contributed by atoms with Crippen molar-refractivity contribution in [3.05, 3.63) is 29.1 Å². The lowest BCUT2D eigenvalue weighted by molar-refractivity contribution is 0.0869. The van der Waals surface area contributed by atoms with Gasteiger partial charge in [-0.25, -0.2) is 0 Å². The molecule has 1 N–H and O–H groups in total. The number of Topliss-reactive ketones (excluding diaryl/α,β-unsaturated/α-hetero) is 1. The van der Waals surface area contributed by atoms with Gasteiger partial charge in [0.05, 0.1) is 0 Å². The largest absolute Gasteiger partial charge is 0.311 e. The third-order valence-electron chi connectivity index (χ3n) is 4.29. The second-order valence-electron chi connectivity index (χ2n) is 5.85. The molecule has 2 aliphatic rings. The minimum absolute atomic E-state index is 0.178. The molecule has 0 aromatic carbocycles. The molecule has 18 heavy (non-hydrogen) atoms. The minimum atomic E-state index is 0.178. The van der Waals surface area contributed by atoms with Crippen LogP contribution in [0.4, 0.5) is 0 Å². The Bertz CT molecular complexity index is 471. The smallest absolute Gasteiger partial charge is 0.184 e. The van der Waals surface area contributed by atoms with Crippen LogP contribution in [-0.2, 0) is 0 Å². The van der Waals surface area contributed by atoms with Gasteiger partial charge in [-0.1, -0.05) is 6.07 Å². The number of hydrogen-bond donors (Lipinski definition) is 1. The van der Waals surface area contributed by atoms with Gasteiger partial charge < -0.3 is 5.32 Å². The first-order valence-corrected chi connectivity index (χ1v) is 6.87. The fourth-order valence-corrected chi connectivity index (χ4v) is 3.44. The number of aryl methyl sites for hydroxylation is 2. The average molecular weight is 244 g/mol. The number of nitrogens with zero attached hydrogens (tertiary/aromatic N) is 1. The predicted molar refractivity (Wildman–Crippen MR) is 70.7 cm³/mol. The molecule has 2 atom stereocenters. The highest BCUT2D eigenvalue weighted by Crippen LogP contribution is 2.32. The highest BCUT2D eigenvalue weighted by Gasteiger charge is 2.37. The summed E-state index contributed by atoms with van der Waals surface area (Å²) in [6.07, 6.45) is 6.24. The molecule has 0 spiro atoms. The molecule has 2 unspecified atom stereocenters. The maximum absolute atomic E-state index is 12.6. The molecule has 3 heterocycles. The van der Waals surface area contributed by atoms with Gasteiger partial charge >= 0.3 is 0 Å². The van der Waals surface area contributed by atoms with Gasteiger partial charge in [0.25, 0.3) is 0 Å². The first-order chi connectivity index (χ1) is 8.63. The van der Waals surface area contributed by atoms with E-state index in [1.165, 1.54) is 12.8 Å². The van der Waals surface area contributed by atoms with Gasteiger partial charge in [0.1, 0.15) is 5.69 Å². The highest BCUT2D eigenvalue weighted by molar-refractivity contribution is 5.97. The Morgan fingerprint density at radius 1 is 1.28 bits per heavy atom. The van der Waals surface area contributed by atoms with E-state index in [1.54, 1.807) is 6.20 Å². The molecule has 1 aromatic heterocycles. The van der Waals surface area contributed by atoms with Crippen molar-refractivity contribution < 1.29 is 4.79 Å². The Kier molecular flexibility index (Phi) is 2.94. The fourth-order valence-electron chi connectivity index (χ4n) is 3.44. The van der Waals surface area contributed by atoms with E-state index in [0.29, 0.717) is 17.8 Å². The van der Waals surface area contributed by atoms with E-state index in [1.807, 2.05) is 13.8 Å². The van der Waals surface area contributed by atoms with Crippen LogP contribution in [0.5, 0.6) is 0 Å². The lowest BCUT2D eigenvalue weighted by atomic mass is 9.86. The summed E-state index contributed by atoms with van der Waals surface area (Å²) in [7, 11) is 0. The third kappa shape index (κ3) is 2.07. The van der Waals surface area contributed by atoms with Gasteiger partial charge in [-0.2, -0.15) is 0 Å². The number of ketones is 1. The van der Waals surface area contributed by atoms with Crippen molar-refractivity contribution in [2.24, 2.45) is 5.92 Å². The van der Waals surface area contributed by atoms with Crippen LogP contribution in [0, 0.1) is 19.8 Å². The van der Waals surface area contributed by atoms with Crippen molar-refractivity contribution in [1.82, 2.24) is 10.3 Å². The van der Waals surface area contributed by atoms with Crippen molar-refractivity contribution >= 4 is 5.78 Å². The Morgan fingerprint density at radius 3 is 2.56 bits per heavy atom. The van der Waals surface area contributed by atoms with Gasteiger partial charge in [0, 0.05) is 24.2 Å². The molecule has 2 saturated heterocycles. The Labute approximate surface area is 108 Å². The summed E-state index contributed by atoms with van der Waals surface area (Å²) < 4.78 is 0. The van der Waals surface area contributed by atoms with Gasteiger partial charge in [0.2, 0.25) is 0 Å². The summed E-state index contributed by atoms with van der Waals surface area (Å²) in [6.45, 7) is 4.00. The number of hydrogen-bond acceptors (Lipinski definition) is 3. The zero-order valence-electron chi connectivity index (χ0n) is 11.1. The van der Waals surface area contributed by atoms with E-state index in [4.69, 9.17) is 0 Å². The summed E-state index contributed by atoms with van der Waals surface area (Å²) in [5.74, 6) is 0.434. The van der Waals surface area contributed by atoms with Crippen molar-refractivity contribution in [2.75, 3.05) is 0 Å². The molecule has 2 bridgehead atoms. The standard InChI is InChI=1S/C15H20N2O/c1-9-5-10(2)14(16-8-9)15(18)11-6-12-3-4-13(7-11)17-12/h5,8,11-13,17H,3-4,6-7H2,1-2H3. The molecule has 0 amide bonds. The molecule has 1 aromatic rings. The van der Waals surface area contributed by atoms with Crippen LogP contribution in [0.25, 0.3) is 0 Å². The maximum atomic E-state index is 12.6. The number of rotatable bonds is 2. The molecule has 0 radical (unpaired) electrons. The monoisotopic (exact) mass is 244 g/mol. The molecular formula is C15H20N2O. The average Bonchev–Trinajstić information content (AvgIpc) is 2.67. The van der Waals surface area contributed by atoms with E-state index in [0.717, 1.165) is 24.0 Å². The van der Waals surface area contributed by atoms with Gasteiger partial charge in [-0.3, -0.25) is 9.78 Å². The zero-order valence-corrected chi connectivity index (χ0v) is 11.1. The summed E-state index contributed by atoms with van der Waals surface area (Å²) in [6, 6.07) is 3.17. The van der Waals surface area contributed by atoms with Crippen LogP contribution >= 0.6 is 0 Å². The number of piperidine rings is 1. The molecule has 3 heteroatoms. The van der Waals surface area contributed by atoms with Crippen molar-refractivity contribution in [2.45, 2.75) is 51.6 Å². The van der Waals surface area contributed by atoms with E-state index < -0.39 is 0 Å². The van der Waals surface area contributed by atoms with Crippen molar-refractivity contribution in [1.29, 1.82) is 0 Å². The highest BCUT2D eigenvalue weighted by atomic mass is 16.1. The van der Waals surface area contributed by atoms with Crippen LogP contribution in [-0.4, -0.2) is 22.9 Å². The predicted octanol–water partition coefficient (Wildman–Crippen LogP) is 2.41. The summed E-state index contributed by atoms with van der Waals surface area (Å²) in [5, 5.41) is 3.58. The molecule has 2 fully saturated rings. The van der Waals surface area contributed by atoms with Gasteiger partial charge in [0.15, 0.2) is 5.78 Å². The molecule has 0 aliphatic carbocycles. The SMILES string of the molecule is Cc1cnc(C(=O)C2CC3CCC(C2)N3)c(C)c1. The summed E-state index contributed by atoms with van der Waals surface area (Å²) >= 11 is 0. The zero-order chi connectivity index (χ0) is 12.7. The Hall–Kier alpha value is -1.22. The summed E-state index contributed by atoms with van der Waals surface area (Å²) in [5.41, 5.74) is 2.83. The number of nitrogens with one attached hydrogen (secondary N) is 1. The second kappa shape index (κ2) is 4.47. The number of fused-ring (bicyclic) bond motifs is 2. The lowest BCUT2D eigenvalue weighted by Gasteiger charge is -2.28. The molecule has 96 valence electrons. The Morgan fingerprint density at radius 2 is 1.94 bits per heavy atom. The Balaban J connectivity index is 1.82. The number of carbonyl (C=O) groups excluding carboxylic acids is 1. The van der Waals surface area contributed by atoms with Crippen molar-refractivity contribution in [3.63, 3.8) is 0 Å². The van der Waals surface area contributed by atoms with E-state index >= 15 is 0 Å². The van der Waals surface area contributed by atoms with E-state index in [-0.39, 0.29) is 11.7 Å². The quantitative estimate of drug-likeness (QED) is 0.812. The molecule has 2 aliphatic heterocycles. The minimum Gasteiger partial charge on any atom is -0.311 e. The first kappa shape index (κ1) is 11.8. The van der Waals surface area contributed by atoms with Crippen molar-refractivity contribution in [3.8, 4) is 0 Å². The van der Waals surface area contributed by atoms with E-state index in [9.17, 15) is 4.79 Å². The molecule has 3 rings (SSSR count). The maximum Gasteiger partial charge on any atom is 0.184 e. The van der Waals surface area contributed by atoms with Crippen LogP contribution < -0.4 is 5.32 Å². The van der Waals surface area contributed by atoms with Gasteiger partial charge in [-0.15, -0.1) is 0 Å². The second-order valence-corrected chi connectivity index (χ2v) is 5.85. The van der Waals surface area contributed by atoms with E-state index in [2.05, 4.69) is 16.4 Å². The van der Waals surface area contributed by atoms with Crippen LogP contribution in [0.1, 0.15) is 47.3 Å². The van der Waals surface area contributed by atoms with Crippen LogP contribution in [0.3, 0.4) is 0 Å². The number of pyridine rings is 1. The third-order valence-corrected chi connectivity index (χ3v) is 4.29. The van der Waals surface area contributed by atoms with Crippen LogP contribution in [0.15, 0.2) is 12.3 Å². The summed E-state index contributed by atoms with van der Waals surface area (Å²) in [4.78, 5) is 16.9. The molecule has 0 saturated carbocycles. The fraction of sp³-hybridized carbons (Fsp3) is 0.600. The number of carbonyl (C=O) groups is 1. The molecule has 3 nitrogen and oxygen atoms in total. The van der Waals surface area contributed by atoms with Gasteiger partial charge in [-0.05, 0) is 50.7 Å². The normalized spacial score (nSPS) is 30.4. The van der Waals surface area contributed by atoms with Crippen LogP contribution in [0.2, 0.25) is 0 Å².